The summed E-state index contributed by atoms with van der Waals surface area (Å²) in [5.41, 5.74) is 17.7. The van der Waals surface area contributed by atoms with Gasteiger partial charge < -0.3 is 65.8 Å². The Hall–Kier alpha value is -11.0. The average molecular weight is 1470 g/mol. The summed E-state index contributed by atoms with van der Waals surface area (Å²) in [6, 6.07) is 72.6. The molecule has 0 saturated carbocycles. The molecular weight excluding hydrogens is 1380 g/mol. The van der Waals surface area contributed by atoms with Crippen LogP contribution in [0.15, 0.2) is 231 Å². The van der Waals surface area contributed by atoms with Gasteiger partial charge in [-0.1, -0.05) is 231 Å². The monoisotopic (exact) mass is 1470 g/mol. The third kappa shape index (κ3) is 22.3. The van der Waals surface area contributed by atoms with Crippen molar-refractivity contribution >= 4 is 82.7 Å². The second-order valence-corrected chi connectivity index (χ2v) is 28.9. The molecule has 0 aromatic heterocycles. The summed E-state index contributed by atoms with van der Waals surface area (Å²) in [5, 5.41) is 60.8. The molecule has 2 atom stereocenters. The van der Waals surface area contributed by atoms with Crippen molar-refractivity contribution in [3.8, 4) is 22.3 Å². The minimum absolute atomic E-state index is 0.0517. The van der Waals surface area contributed by atoms with Crippen LogP contribution in [0.1, 0.15) is 111 Å². The van der Waals surface area contributed by atoms with Crippen LogP contribution in [0.2, 0.25) is 0 Å². The Balaban J connectivity index is 0.000000193. The number of carbonyl (C=O) groups is 6. The predicted molar refractivity (Wildman–Crippen MR) is 423 cm³/mol. The number of hydrogen-bond donors (Lipinski definition) is 9. The number of alkyl carbamates (subject to hydrolysis) is 2. The van der Waals surface area contributed by atoms with Crippen molar-refractivity contribution in [1.29, 1.82) is 0 Å². The Bertz CT molecular complexity index is 4710. The molecule has 2 aliphatic rings. The number of carbonyl (C=O) groups excluding carboxylic acids is 5. The maximum Gasteiger partial charge on any atom is 0.488 e. The van der Waals surface area contributed by atoms with Gasteiger partial charge >= 0.3 is 44.3 Å². The van der Waals surface area contributed by atoms with Gasteiger partial charge in [0, 0.05) is 64.2 Å². The van der Waals surface area contributed by atoms with Crippen LogP contribution in [0.3, 0.4) is 0 Å². The lowest BCUT2D eigenvalue weighted by molar-refractivity contribution is -0.160. The number of ether oxygens (including phenoxy) is 4. The number of carboxylic acid groups (broad SMARTS) is 1. The molecule has 10 N–H and O–H groups in total. The van der Waals surface area contributed by atoms with Crippen LogP contribution in [0.25, 0.3) is 43.8 Å². The summed E-state index contributed by atoms with van der Waals surface area (Å²) in [6.07, 6.45) is -2.65. The van der Waals surface area contributed by atoms with Gasteiger partial charge in [-0.05, 0) is 141 Å². The second-order valence-electron chi connectivity index (χ2n) is 28.9. The molecule has 0 aliphatic heterocycles. The fourth-order valence-electron chi connectivity index (χ4n) is 13.8. The van der Waals surface area contributed by atoms with Gasteiger partial charge in [0.25, 0.3) is 0 Å². The number of nitrogens with two attached hydrogens (primary N) is 1. The molecule has 0 spiro atoms. The summed E-state index contributed by atoms with van der Waals surface area (Å²) < 4.78 is 21.8. The van der Waals surface area contributed by atoms with Crippen molar-refractivity contribution < 1.29 is 72.9 Å². The van der Waals surface area contributed by atoms with Gasteiger partial charge in [-0.3, -0.25) is 19.4 Å². The van der Waals surface area contributed by atoms with E-state index in [4.69, 9.17) is 29.8 Å². The number of benzene rings is 10. The summed E-state index contributed by atoms with van der Waals surface area (Å²) in [7, 11) is -3.09. The molecule has 10 aromatic rings. The van der Waals surface area contributed by atoms with E-state index in [1.54, 1.807) is 59.7 Å². The van der Waals surface area contributed by atoms with Gasteiger partial charge in [-0.15, -0.1) is 0 Å². The third-order valence-corrected chi connectivity index (χ3v) is 18.6. The van der Waals surface area contributed by atoms with Gasteiger partial charge in [-0.25, -0.2) is 19.2 Å². The minimum atomic E-state index is -1.63. The van der Waals surface area contributed by atoms with Gasteiger partial charge in [0.05, 0.1) is 12.8 Å². The van der Waals surface area contributed by atoms with E-state index < -0.39 is 79.9 Å². The second kappa shape index (κ2) is 37.7. The van der Waals surface area contributed by atoms with Crippen molar-refractivity contribution in [2.75, 3.05) is 39.4 Å². The lowest BCUT2D eigenvalue weighted by Gasteiger charge is -2.26. The van der Waals surface area contributed by atoms with E-state index in [0.717, 1.165) is 85.1 Å². The predicted octanol–water partition coefficient (Wildman–Crippen LogP) is 10.5. The van der Waals surface area contributed by atoms with Gasteiger partial charge in [0.15, 0.2) is 0 Å². The SMILES string of the molecule is CC(C)(C)OC(=O)[C@H](CC(=O)NCCN(Cc1ccccc1B(O)O)Cc1cccc2ccccc12)NC(=O)OCC1c2ccccc2-c2ccccc21.CC(C)(C)OC(=O)[C@H](CC(=O)O)NC(=O)OCC1c2ccccc2-c2ccccc21.NCCN(Cc1ccccc1B(O)O)Cc1cccc2ccccc12. The number of nitrogens with one attached hydrogen (secondary N) is 3. The van der Waals surface area contributed by atoms with E-state index in [-0.39, 0.29) is 38.0 Å². The first-order valence-corrected chi connectivity index (χ1v) is 36.4. The Morgan fingerprint density at radius 2 is 0.761 bits per heavy atom. The molecule has 2 aliphatic carbocycles. The zero-order valence-corrected chi connectivity index (χ0v) is 62.2. The van der Waals surface area contributed by atoms with E-state index in [2.05, 4.69) is 86.4 Å². The van der Waals surface area contributed by atoms with E-state index >= 15 is 0 Å². The number of esters is 2. The highest BCUT2D eigenvalue weighted by atomic mass is 16.6. The zero-order chi connectivity index (χ0) is 77.8. The molecule has 0 bridgehead atoms. The van der Waals surface area contributed by atoms with Crippen LogP contribution < -0.4 is 32.6 Å². The smallest absolute Gasteiger partial charge is 0.481 e. The minimum Gasteiger partial charge on any atom is -0.481 e. The highest BCUT2D eigenvalue weighted by molar-refractivity contribution is 6.59. The van der Waals surface area contributed by atoms with E-state index in [1.807, 2.05) is 152 Å². The fraction of sp³-hybridized carbons (Fsp3) is 0.279. The Morgan fingerprint density at radius 3 is 1.15 bits per heavy atom. The van der Waals surface area contributed by atoms with Crippen molar-refractivity contribution in [2.24, 2.45) is 5.73 Å². The van der Waals surface area contributed by atoms with E-state index in [0.29, 0.717) is 43.6 Å². The first kappa shape index (κ1) is 80.5. The molecule has 109 heavy (non-hydrogen) atoms. The van der Waals surface area contributed by atoms with Crippen molar-refractivity contribution in [3.63, 3.8) is 0 Å². The molecule has 0 unspecified atom stereocenters. The summed E-state index contributed by atoms with van der Waals surface area (Å²) >= 11 is 0. The molecule has 0 radical (unpaired) electrons. The third-order valence-electron chi connectivity index (χ3n) is 18.6. The van der Waals surface area contributed by atoms with Crippen molar-refractivity contribution in [1.82, 2.24) is 25.8 Å². The van der Waals surface area contributed by atoms with Crippen LogP contribution in [0.5, 0.6) is 0 Å². The number of aliphatic carboxylic acids is 1. The number of amides is 3. The maximum atomic E-state index is 13.4. The van der Waals surface area contributed by atoms with Crippen LogP contribution >= 0.6 is 0 Å². The quantitative estimate of drug-likeness (QED) is 0.0131. The molecule has 564 valence electrons. The van der Waals surface area contributed by atoms with E-state index in [9.17, 15) is 48.9 Å². The molecule has 23 heteroatoms. The van der Waals surface area contributed by atoms with Crippen LogP contribution in [-0.2, 0) is 64.3 Å². The van der Waals surface area contributed by atoms with E-state index in [1.165, 1.54) is 16.3 Å². The Labute approximate surface area is 636 Å². The van der Waals surface area contributed by atoms with Crippen LogP contribution in [0.4, 0.5) is 9.59 Å². The van der Waals surface area contributed by atoms with Crippen molar-refractivity contribution in [2.45, 2.75) is 116 Å². The molecular formula is C86H94B2N6O15. The highest BCUT2D eigenvalue weighted by Crippen LogP contribution is 2.46. The Kier molecular flexibility index (Phi) is 27.8. The lowest BCUT2D eigenvalue weighted by atomic mass is 9.77. The van der Waals surface area contributed by atoms with Crippen molar-refractivity contribution in [3.05, 3.63) is 275 Å². The number of carboxylic acids is 1. The summed E-state index contributed by atoms with van der Waals surface area (Å²) in [6.45, 7) is 14.5. The largest absolute Gasteiger partial charge is 0.488 e. The number of hydrogen-bond acceptors (Lipinski definition) is 17. The topological polar surface area (TPSA) is 309 Å². The molecule has 10 aromatic carbocycles. The fourth-order valence-corrected chi connectivity index (χ4v) is 13.8. The average Bonchev–Trinajstić information content (AvgIpc) is 1.62. The van der Waals surface area contributed by atoms with Crippen LogP contribution in [-0.4, -0.2) is 148 Å². The summed E-state index contributed by atoms with van der Waals surface area (Å²) in [5.74, 6) is -3.56. The molecule has 21 nitrogen and oxygen atoms in total. The molecule has 0 fully saturated rings. The first-order valence-electron chi connectivity index (χ1n) is 36.4. The standard InChI is InChI=1S/C43H46BN3O7.C23H25NO6.C20H23BN2O2/c1-43(2,3)54-41(49)39(46-42(50)53-28-37-35-20-9-7-18-33(35)34-19-8-10-21-36(34)37)25-40(48)45-23-24-47(27-31-14-5-11-22-38(31)44(51)52)26-30-16-12-15-29-13-4-6-17-32(29)30;1-23(2,3)30-21(27)19(12-20(25)26)24-22(28)29-13-18-16-10-6-4-8-14(16)15-9-5-7-11-17(15)18;22-12-13-23(15-18-7-2-4-11-20(18)21(24)25)14-17-9-5-8-16-6-1-3-10-19(16)17/h4-22,37,39,51-52H,23-28H2,1-3H3,(H,45,48)(H,46,50);4-11,18-19H,12-13H2,1-3H3,(H,24,28)(H,25,26);1-11,24-25H,12-15,22H2/t39-;19-;/m00./s1. The van der Waals surface area contributed by atoms with Gasteiger partial charge in [-0.2, -0.15) is 0 Å². The normalized spacial score (nSPS) is 12.7. The van der Waals surface area contributed by atoms with Gasteiger partial charge in [0.1, 0.15) is 36.5 Å². The summed E-state index contributed by atoms with van der Waals surface area (Å²) in [4.78, 5) is 79.9. The first-order chi connectivity index (χ1) is 52.3. The number of rotatable bonds is 27. The molecule has 0 heterocycles. The molecule has 0 saturated heterocycles. The Morgan fingerprint density at radius 1 is 0.431 bits per heavy atom. The highest BCUT2D eigenvalue weighted by Gasteiger charge is 2.35. The zero-order valence-electron chi connectivity index (χ0n) is 62.2. The van der Waals surface area contributed by atoms with Crippen LogP contribution in [0, 0.1) is 0 Å². The maximum absolute atomic E-state index is 13.4. The number of nitrogens with zero attached hydrogens (tertiary/aromatic N) is 2. The van der Waals surface area contributed by atoms with Gasteiger partial charge in [0.2, 0.25) is 5.91 Å². The molecule has 12 rings (SSSR count). The molecule has 3 amide bonds. The lowest BCUT2D eigenvalue weighted by Crippen LogP contribution is -2.47. The number of fused-ring (bicyclic) bond motifs is 8.